The highest BCUT2D eigenvalue weighted by molar-refractivity contribution is 6.03. The predicted octanol–water partition coefficient (Wildman–Crippen LogP) is 3.46. The number of nitrogens with zero attached hydrogens (tertiary/aromatic N) is 5. The van der Waals surface area contributed by atoms with E-state index in [9.17, 15) is 4.79 Å². The van der Waals surface area contributed by atoms with E-state index in [0.29, 0.717) is 13.0 Å². The number of hydrogen-bond acceptors (Lipinski definition) is 7. The van der Waals surface area contributed by atoms with Crippen LogP contribution in [0, 0.1) is 0 Å². The van der Waals surface area contributed by atoms with E-state index in [2.05, 4.69) is 50.2 Å². The first-order valence-corrected chi connectivity index (χ1v) is 13.7. The van der Waals surface area contributed by atoms with Crippen molar-refractivity contribution in [2.24, 2.45) is 14.1 Å². The van der Waals surface area contributed by atoms with Crippen molar-refractivity contribution in [3.63, 3.8) is 0 Å². The number of benzene rings is 2. The lowest BCUT2D eigenvalue weighted by Crippen LogP contribution is -2.43. The van der Waals surface area contributed by atoms with Crippen LogP contribution in [-0.4, -0.2) is 75.7 Å². The van der Waals surface area contributed by atoms with Crippen molar-refractivity contribution in [2.45, 2.75) is 25.8 Å². The summed E-state index contributed by atoms with van der Waals surface area (Å²) in [5, 5.41) is 20.3. The molecule has 0 aliphatic carbocycles. The molecule has 2 aromatic carbocycles. The van der Waals surface area contributed by atoms with E-state index in [0.717, 1.165) is 89.6 Å². The number of fused-ring (bicyclic) bond motifs is 2. The number of carbonyl (C=O) groups is 1. The minimum absolute atomic E-state index is 0.00265. The molecular formula is C29H36N8O2. The lowest BCUT2D eigenvalue weighted by molar-refractivity contribution is -0.116. The largest absolute Gasteiger partial charge is 0.493 e. The van der Waals surface area contributed by atoms with Crippen LogP contribution in [0.25, 0.3) is 33.3 Å². The first-order valence-electron chi connectivity index (χ1n) is 13.7. The van der Waals surface area contributed by atoms with Gasteiger partial charge < -0.3 is 25.6 Å². The highest BCUT2D eigenvalue weighted by Gasteiger charge is 2.23. The molecule has 1 unspecified atom stereocenters. The fraction of sp³-hybridized carbons (Fsp3) is 0.414. The quantitative estimate of drug-likeness (QED) is 0.316. The molecule has 4 heterocycles. The lowest BCUT2D eigenvalue weighted by atomic mass is 9.98. The minimum Gasteiger partial charge on any atom is -0.493 e. The lowest BCUT2D eigenvalue weighted by Gasteiger charge is -2.27. The Morgan fingerprint density at radius 3 is 2.74 bits per heavy atom. The molecule has 0 saturated carbocycles. The fourth-order valence-electron chi connectivity index (χ4n) is 5.56. The molecule has 10 heteroatoms. The molecule has 2 aromatic heterocycles. The number of piperazine rings is 1. The molecule has 1 atom stereocenters. The molecule has 10 nitrogen and oxygen atoms in total. The maximum absolute atomic E-state index is 12.6. The van der Waals surface area contributed by atoms with Crippen LogP contribution in [0.5, 0.6) is 5.75 Å². The highest BCUT2D eigenvalue weighted by atomic mass is 16.5. The van der Waals surface area contributed by atoms with Gasteiger partial charge in [0, 0.05) is 88.1 Å². The summed E-state index contributed by atoms with van der Waals surface area (Å²) in [6, 6.07) is 10.4. The first-order chi connectivity index (χ1) is 18.9. The third kappa shape index (κ3) is 5.35. The normalized spacial score (nSPS) is 17.9. The van der Waals surface area contributed by atoms with Gasteiger partial charge in [0.2, 0.25) is 5.91 Å². The van der Waals surface area contributed by atoms with Gasteiger partial charge in [0.05, 0.1) is 29.7 Å². The van der Waals surface area contributed by atoms with Crippen molar-refractivity contribution in [2.75, 3.05) is 50.0 Å². The molecule has 2 aliphatic rings. The minimum atomic E-state index is -0.00265. The topological polar surface area (TPSA) is 101 Å². The summed E-state index contributed by atoms with van der Waals surface area (Å²) in [5.74, 6) is 0.747. The second kappa shape index (κ2) is 10.7. The summed E-state index contributed by atoms with van der Waals surface area (Å²) in [6.07, 6.45) is 5.17. The van der Waals surface area contributed by atoms with E-state index < -0.39 is 0 Å². The van der Waals surface area contributed by atoms with Crippen molar-refractivity contribution in [1.82, 2.24) is 29.8 Å². The SMILES string of the molecule is CC1CC(=O)Nc2cc(OCCCN3CCNCC3)cc(-c3ccc4c(c3)c(-c3cnn(C)c3)nn4C)c2N1. The Morgan fingerprint density at radius 1 is 1.10 bits per heavy atom. The Morgan fingerprint density at radius 2 is 1.95 bits per heavy atom. The zero-order chi connectivity index (χ0) is 26.9. The third-order valence-electron chi connectivity index (χ3n) is 7.50. The molecule has 0 spiro atoms. The van der Waals surface area contributed by atoms with Gasteiger partial charge in [-0.25, -0.2) is 0 Å². The number of amides is 1. The summed E-state index contributed by atoms with van der Waals surface area (Å²) >= 11 is 0. The van der Waals surface area contributed by atoms with Crippen LogP contribution in [0.4, 0.5) is 11.4 Å². The number of rotatable bonds is 7. The van der Waals surface area contributed by atoms with Gasteiger partial charge in [0.25, 0.3) is 0 Å². The maximum atomic E-state index is 12.6. The van der Waals surface area contributed by atoms with Gasteiger partial charge in [-0.2, -0.15) is 10.2 Å². The standard InChI is InChI=1S/C29H36N8O2/c1-19-13-27(38)33-25-16-22(39-12-4-9-37-10-7-30-8-11-37)15-23(29(25)32-19)20-5-6-26-24(14-20)28(34-36(26)3)21-17-31-35(2)18-21/h5-6,14-19,30,32H,4,7-13H2,1-3H3,(H,33,38). The summed E-state index contributed by atoms with van der Waals surface area (Å²) in [5.41, 5.74) is 6.58. The van der Waals surface area contributed by atoms with E-state index in [1.165, 1.54) is 0 Å². The van der Waals surface area contributed by atoms with Gasteiger partial charge in [-0.3, -0.25) is 14.2 Å². The molecule has 0 bridgehead atoms. The Labute approximate surface area is 228 Å². The van der Waals surface area contributed by atoms with Crippen LogP contribution < -0.4 is 20.7 Å². The molecule has 1 amide bonds. The second-order valence-electron chi connectivity index (χ2n) is 10.6. The Bertz CT molecular complexity index is 1500. The summed E-state index contributed by atoms with van der Waals surface area (Å²) < 4.78 is 9.96. The van der Waals surface area contributed by atoms with Gasteiger partial charge in [-0.05, 0) is 37.1 Å². The molecular weight excluding hydrogens is 492 g/mol. The molecule has 3 N–H and O–H groups in total. The van der Waals surface area contributed by atoms with Crippen LogP contribution >= 0.6 is 0 Å². The van der Waals surface area contributed by atoms with Gasteiger partial charge in [0.15, 0.2) is 0 Å². The van der Waals surface area contributed by atoms with E-state index >= 15 is 0 Å². The van der Waals surface area contributed by atoms with Gasteiger partial charge >= 0.3 is 0 Å². The molecule has 6 rings (SSSR count). The van der Waals surface area contributed by atoms with E-state index in [4.69, 9.17) is 9.84 Å². The van der Waals surface area contributed by atoms with Crippen molar-refractivity contribution in [1.29, 1.82) is 0 Å². The summed E-state index contributed by atoms with van der Waals surface area (Å²) in [6.45, 7) is 7.92. The number of anilines is 2. The van der Waals surface area contributed by atoms with Gasteiger partial charge in [0.1, 0.15) is 11.4 Å². The van der Waals surface area contributed by atoms with Gasteiger partial charge in [-0.1, -0.05) is 6.07 Å². The van der Waals surface area contributed by atoms with E-state index in [1.807, 2.05) is 44.2 Å². The highest BCUT2D eigenvalue weighted by Crippen LogP contribution is 2.42. The molecule has 1 fully saturated rings. The van der Waals surface area contributed by atoms with Crippen molar-refractivity contribution >= 4 is 28.2 Å². The molecule has 0 radical (unpaired) electrons. The average Bonchev–Trinajstić information content (AvgIpc) is 3.46. The first kappa shape index (κ1) is 25.4. The second-order valence-corrected chi connectivity index (χ2v) is 10.6. The Kier molecular flexibility index (Phi) is 6.97. The number of aryl methyl sites for hydroxylation is 2. The zero-order valence-electron chi connectivity index (χ0n) is 22.8. The van der Waals surface area contributed by atoms with Crippen LogP contribution in [0.2, 0.25) is 0 Å². The molecule has 4 aromatic rings. The number of ether oxygens (including phenoxy) is 1. The number of aromatic nitrogens is 4. The van der Waals surface area contributed by atoms with Crippen molar-refractivity contribution in [3.05, 3.63) is 42.7 Å². The zero-order valence-corrected chi connectivity index (χ0v) is 22.8. The molecule has 204 valence electrons. The molecule has 1 saturated heterocycles. The van der Waals surface area contributed by atoms with Crippen molar-refractivity contribution < 1.29 is 9.53 Å². The maximum Gasteiger partial charge on any atom is 0.226 e. The Balaban J connectivity index is 1.35. The van der Waals surface area contributed by atoms with Gasteiger partial charge in [-0.15, -0.1) is 0 Å². The van der Waals surface area contributed by atoms with Crippen LogP contribution in [-0.2, 0) is 18.9 Å². The predicted molar refractivity (Wildman–Crippen MR) is 154 cm³/mol. The average molecular weight is 529 g/mol. The van der Waals surface area contributed by atoms with Crippen LogP contribution in [0.3, 0.4) is 0 Å². The summed E-state index contributed by atoms with van der Waals surface area (Å²) in [4.78, 5) is 15.1. The number of nitrogens with one attached hydrogen (secondary N) is 3. The van der Waals surface area contributed by atoms with Crippen LogP contribution in [0.1, 0.15) is 19.8 Å². The van der Waals surface area contributed by atoms with Crippen LogP contribution in [0.15, 0.2) is 42.7 Å². The Hall–Kier alpha value is -3.89. The molecule has 2 aliphatic heterocycles. The smallest absolute Gasteiger partial charge is 0.226 e. The van der Waals surface area contributed by atoms with E-state index in [-0.39, 0.29) is 11.9 Å². The fourth-order valence-corrected chi connectivity index (χ4v) is 5.56. The monoisotopic (exact) mass is 528 g/mol. The number of carbonyl (C=O) groups excluding carboxylic acids is 1. The molecule has 39 heavy (non-hydrogen) atoms. The van der Waals surface area contributed by atoms with Crippen molar-refractivity contribution in [3.8, 4) is 28.1 Å². The number of hydrogen-bond donors (Lipinski definition) is 3. The summed E-state index contributed by atoms with van der Waals surface area (Å²) in [7, 11) is 3.87. The van der Waals surface area contributed by atoms with E-state index in [1.54, 1.807) is 4.68 Å². The third-order valence-corrected chi connectivity index (χ3v) is 7.50.